The monoisotopic (exact) mass is 398 g/mol. The lowest BCUT2D eigenvalue weighted by Crippen LogP contribution is -2.23. The van der Waals surface area contributed by atoms with Crippen LogP contribution in [0.1, 0.15) is 21.7 Å². The second-order valence-electron chi connectivity index (χ2n) is 5.26. The molecule has 0 fully saturated rings. The van der Waals surface area contributed by atoms with Gasteiger partial charge in [0.2, 0.25) is 0 Å². The minimum atomic E-state index is -0.730. The third kappa shape index (κ3) is 3.95. The highest BCUT2D eigenvalue weighted by atomic mass is 79.9. The van der Waals surface area contributed by atoms with Gasteiger partial charge in [-0.25, -0.2) is 4.39 Å². The van der Waals surface area contributed by atoms with Gasteiger partial charge in [0, 0.05) is 10.0 Å². The quantitative estimate of drug-likeness (QED) is 0.695. The number of nitrogens with zero attached hydrogens (tertiary/aromatic N) is 1. The normalized spacial score (nSPS) is 10.3. The first-order valence-corrected chi connectivity index (χ1v) is 8.18. The Labute approximate surface area is 152 Å². The number of amides is 1. The Morgan fingerprint density at radius 2 is 1.92 bits per heavy atom. The number of nitriles is 1. The third-order valence-corrected chi connectivity index (χ3v) is 4.09. The van der Waals surface area contributed by atoms with E-state index in [0.717, 1.165) is 16.1 Å². The topological polar surface area (TPSA) is 66.0 Å². The first-order valence-electron chi connectivity index (χ1n) is 7.39. The van der Waals surface area contributed by atoms with E-state index in [9.17, 15) is 9.18 Å². The summed E-state index contributed by atoms with van der Waals surface area (Å²) in [7, 11) is 0. The van der Waals surface area contributed by atoms with Gasteiger partial charge in [0.25, 0.3) is 5.91 Å². The number of hydrogen-bond acceptors (Lipinski definition) is 3. The summed E-state index contributed by atoms with van der Waals surface area (Å²) in [4.78, 5) is 12.1. The summed E-state index contributed by atoms with van der Waals surface area (Å²) in [5.41, 5.74) is 0.969. The molecule has 0 spiro atoms. The predicted octanol–water partition coefficient (Wildman–Crippen LogP) is 4.65. The van der Waals surface area contributed by atoms with Crippen LogP contribution in [-0.2, 0) is 6.54 Å². The Morgan fingerprint density at radius 3 is 2.60 bits per heavy atom. The molecule has 3 rings (SSSR count). The number of nitrogens with one attached hydrogen (secondary N) is 1. The molecule has 0 saturated heterocycles. The van der Waals surface area contributed by atoms with Crippen LogP contribution >= 0.6 is 15.9 Å². The van der Waals surface area contributed by atoms with Crippen LogP contribution in [0, 0.1) is 17.1 Å². The standard InChI is InChI=1S/C19H12BrFN2O2/c20-14-4-2-13(3-5-14)18-8-6-15(25-18)11-23-19(24)16-7-1-12(10-22)9-17(16)21/h1-9H,11H2,(H,23,24). The van der Waals surface area contributed by atoms with E-state index < -0.39 is 11.7 Å². The van der Waals surface area contributed by atoms with Crippen molar-refractivity contribution in [3.63, 3.8) is 0 Å². The second-order valence-corrected chi connectivity index (χ2v) is 6.18. The summed E-state index contributed by atoms with van der Waals surface area (Å²) in [5, 5.41) is 11.3. The second kappa shape index (κ2) is 7.32. The van der Waals surface area contributed by atoms with Gasteiger partial charge in [0.05, 0.1) is 23.7 Å². The van der Waals surface area contributed by atoms with Gasteiger partial charge in [-0.15, -0.1) is 0 Å². The van der Waals surface area contributed by atoms with Gasteiger partial charge in [0.15, 0.2) is 0 Å². The largest absolute Gasteiger partial charge is 0.459 e. The predicted molar refractivity (Wildman–Crippen MR) is 94.1 cm³/mol. The fraction of sp³-hybridized carbons (Fsp3) is 0.0526. The molecular weight excluding hydrogens is 387 g/mol. The maximum atomic E-state index is 13.8. The van der Waals surface area contributed by atoms with Crippen LogP contribution in [0.15, 0.2) is 63.5 Å². The van der Waals surface area contributed by atoms with Gasteiger partial charge >= 0.3 is 0 Å². The summed E-state index contributed by atoms with van der Waals surface area (Å²) in [6.45, 7) is 0.134. The Balaban J connectivity index is 1.67. The Hall–Kier alpha value is -2.91. The molecule has 0 radical (unpaired) electrons. The van der Waals surface area contributed by atoms with Gasteiger partial charge in [-0.05, 0) is 42.5 Å². The molecule has 0 aliphatic carbocycles. The van der Waals surface area contributed by atoms with Crippen LogP contribution in [0.5, 0.6) is 0 Å². The lowest BCUT2D eigenvalue weighted by Gasteiger charge is -2.05. The number of hydrogen-bond donors (Lipinski definition) is 1. The van der Waals surface area contributed by atoms with Gasteiger partial charge in [-0.1, -0.05) is 28.1 Å². The number of rotatable bonds is 4. The minimum absolute atomic E-state index is 0.112. The van der Waals surface area contributed by atoms with Crippen molar-refractivity contribution in [2.75, 3.05) is 0 Å². The molecule has 1 N–H and O–H groups in total. The summed E-state index contributed by atoms with van der Waals surface area (Å²) in [6.07, 6.45) is 0. The van der Waals surface area contributed by atoms with Crippen LogP contribution in [0.25, 0.3) is 11.3 Å². The van der Waals surface area contributed by atoms with E-state index in [1.54, 1.807) is 6.07 Å². The highest BCUT2D eigenvalue weighted by Crippen LogP contribution is 2.24. The van der Waals surface area contributed by atoms with E-state index in [4.69, 9.17) is 9.68 Å². The molecule has 6 heteroatoms. The van der Waals surface area contributed by atoms with Gasteiger partial charge < -0.3 is 9.73 Å². The van der Waals surface area contributed by atoms with E-state index in [-0.39, 0.29) is 17.7 Å². The van der Waals surface area contributed by atoms with Crippen molar-refractivity contribution in [1.29, 1.82) is 5.26 Å². The number of carbonyl (C=O) groups is 1. The van der Waals surface area contributed by atoms with Crippen molar-refractivity contribution < 1.29 is 13.6 Å². The summed E-state index contributed by atoms with van der Waals surface area (Å²) < 4.78 is 20.5. The molecule has 25 heavy (non-hydrogen) atoms. The average Bonchev–Trinajstić information content (AvgIpc) is 3.09. The number of halogens is 2. The average molecular weight is 399 g/mol. The van der Waals surface area contributed by atoms with Crippen molar-refractivity contribution in [2.45, 2.75) is 6.54 Å². The fourth-order valence-electron chi connectivity index (χ4n) is 2.27. The van der Waals surface area contributed by atoms with Crippen LogP contribution in [-0.4, -0.2) is 5.91 Å². The van der Waals surface area contributed by atoms with Crippen LogP contribution in [0.3, 0.4) is 0 Å². The van der Waals surface area contributed by atoms with E-state index >= 15 is 0 Å². The number of benzene rings is 2. The van der Waals surface area contributed by atoms with Gasteiger partial charge in [-0.3, -0.25) is 4.79 Å². The molecule has 2 aromatic carbocycles. The fourth-order valence-corrected chi connectivity index (χ4v) is 2.54. The van der Waals surface area contributed by atoms with Crippen LogP contribution in [0.4, 0.5) is 4.39 Å². The highest BCUT2D eigenvalue weighted by Gasteiger charge is 2.13. The molecule has 124 valence electrons. The first-order chi connectivity index (χ1) is 12.1. The molecule has 3 aromatic rings. The Morgan fingerprint density at radius 1 is 1.16 bits per heavy atom. The molecule has 1 heterocycles. The zero-order valence-electron chi connectivity index (χ0n) is 12.9. The zero-order valence-corrected chi connectivity index (χ0v) is 14.5. The Kier molecular flexibility index (Phi) is 4.96. The van der Waals surface area contributed by atoms with Crippen LogP contribution in [0.2, 0.25) is 0 Å². The molecule has 1 aromatic heterocycles. The number of furan rings is 1. The smallest absolute Gasteiger partial charge is 0.254 e. The van der Waals surface area contributed by atoms with Gasteiger partial charge in [-0.2, -0.15) is 5.26 Å². The molecule has 0 unspecified atom stereocenters. The van der Waals surface area contributed by atoms with E-state index in [1.165, 1.54) is 12.1 Å². The molecule has 0 aliphatic rings. The number of carbonyl (C=O) groups excluding carboxylic acids is 1. The van der Waals surface area contributed by atoms with Gasteiger partial charge in [0.1, 0.15) is 17.3 Å². The lowest BCUT2D eigenvalue weighted by molar-refractivity contribution is 0.0944. The molecular formula is C19H12BrFN2O2. The molecule has 0 saturated carbocycles. The SMILES string of the molecule is N#Cc1ccc(C(=O)NCc2ccc(-c3ccc(Br)cc3)o2)c(F)c1. The summed E-state index contributed by atoms with van der Waals surface area (Å²) >= 11 is 3.37. The molecule has 0 atom stereocenters. The van der Waals surface area contributed by atoms with Crippen molar-refractivity contribution in [1.82, 2.24) is 5.32 Å². The molecule has 0 aliphatic heterocycles. The summed E-state index contributed by atoms with van der Waals surface area (Å²) in [6, 6.07) is 16.8. The molecule has 0 bridgehead atoms. The van der Waals surface area contributed by atoms with E-state index in [2.05, 4.69) is 21.2 Å². The maximum Gasteiger partial charge on any atom is 0.254 e. The van der Waals surface area contributed by atoms with Crippen molar-refractivity contribution in [3.8, 4) is 17.4 Å². The van der Waals surface area contributed by atoms with E-state index in [0.29, 0.717) is 11.5 Å². The molecule has 4 nitrogen and oxygen atoms in total. The first kappa shape index (κ1) is 16.9. The Bertz CT molecular complexity index is 958. The van der Waals surface area contributed by atoms with Crippen molar-refractivity contribution in [2.24, 2.45) is 0 Å². The molecule has 1 amide bonds. The minimum Gasteiger partial charge on any atom is -0.459 e. The zero-order chi connectivity index (χ0) is 17.8. The third-order valence-electron chi connectivity index (χ3n) is 3.56. The van der Waals surface area contributed by atoms with E-state index in [1.807, 2.05) is 36.4 Å². The van der Waals surface area contributed by atoms with Crippen molar-refractivity contribution in [3.05, 3.63) is 81.8 Å². The maximum absolute atomic E-state index is 13.8. The summed E-state index contributed by atoms with van der Waals surface area (Å²) in [5.74, 6) is -0.0586. The van der Waals surface area contributed by atoms with Crippen LogP contribution < -0.4 is 5.32 Å². The van der Waals surface area contributed by atoms with Crippen molar-refractivity contribution >= 4 is 21.8 Å². The lowest BCUT2D eigenvalue weighted by atomic mass is 10.1. The highest BCUT2D eigenvalue weighted by molar-refractivity contribution is 9.10.